The topological polar surface area (TPSA) is 35.6 Å². The number of piperidine rings is 1. The molecule has 0 spiro atoms. The van der Waals surface area contributed by atoms with Crippen molar-refractivity contribution in [2.24, 2.45) is 11.3 Å². The Balaban J connectivity index is 2.06. The van der Waals surface area contributed by atoms with Gasteiger partial charge in [0.05, 0.1) is 12.2 Å². The van der Waals surface area contributed by atoms with Crippen molar-refractivity contribution in [1.29, 1.82) is 0 Å². The Labute approximate surface area is 130 Å². The van der Waals surface area contributed by atoms with Crippen molar-refractivity contribution in [1.82, 2.24) is 15.1 Å². The molecule has 2 aliphatic rings. The van der Waals surface area contributed by atoms with Gasteiger partial charge in [0.25, 0.3) is 0 Å². The highest BCUT2D eigenvalue weighted by Gasteiger charge is 2.43. The number of hydrogen-bond donors (Lipinski definition) is 1. The molecule has 0 aromatic heterocycles. The van der Waals surface area contributed by atoms with E-state index in [1.807, 2.05) is 0 Å². The summed E-state index contributed by atoms with van der Waals surface area (Å²) in [6.07, 6.45) is 4.81. The van der Waals surface area contributed by atoms with Crippen LogP contribution in [0.25, 0.3) is 0 Å². The average molecular weight is 295 g/mol. The summed E-state index contributed by atoms with van der Waals surface area (Å²) in [5.41, 5.74) is 0.279. The monoisotopic (exact) mass is 295 g/mol. The minimum absolute atomic E-state index is 0.0106. The Kier molecular flexibility index (Phi) is 5.31. The van der Waals surface area contributed by atoms with E-state index in [0.717, 1.165) is 32.5 Å². The van der Waals surface area contributed by atoms with Gasteiger partial charge >= 0.3 is 0 Å². The van der Waals surface area contributed by atoms with Crippen molar-refractivity contribution in [3.8, 4) is 0 Å². The molecule has 2 heterocycles. The number of nitrogens with zero attached hydrogens (tertiary/aromatic N) is 2. The van der Waals surface area contributed by atoms with E-state index in [4.69, 9.17) is 0 Å². The van der Waals surface area contributed by atoms with Gasteiger partial charge in [0, 0.05) is 6.54 Å². The molecule has 0 aliphatic carbocycles. The van der Waals surface area contributed by atoms with E-state index in [1.54, 1.807) is 0 Å². The molecule has 2 aliphatic heterocycles. The third-order valence-corrected chi connectivity index (χ3v) is 5.27. The molecule has 2 unspecified atom stereocenters. The molecule has 1 amide bonds. The molecule has 21 heavy (non-hydrogen) atoms. The molecule has 0 bridgehead atoms. The third kappa shape index (κ3) is 3.78. The summed E-state index contributed by atoms with van der Waals surface area (Å²) in [4.78, 5) is 17.3. The smallest absolute Gasteiger partial charge is 0.241 e. The van der Waals surface area contributed by atoms with Crippen LogP contribution in [0.1, 0.15) is 53.4 Å². The van der Waals surface area contributed by atoms with E-state index in [9.17, 15) is 4.79 Å². The number of nitrogens with one attached hydrogen (secondary N) is 1. The van der Waals surface area contributed by atoms with Gasteiger partial charge in [0.15, 0.2) is 0 Å². The normalized spacial score (nSPS) is 30.4. The Morgan fingerprint density at radius 1 is 1.33 bits per heavy atom. The maximum Gasteiger partial charge on any atom is 0.241 e. The zero-order valence-electron chi connectivity index (χ0n) is 14.5. The SMILES string of the molecule is CCCC1NC(C(C)C)C(=O)N1CC1(C)CCN(C)CC1. The fraction of sp³-hybridized carbons (Fsp3) is 0.941. The van der Waals surface area contributed by atoms with Crippen LogP contribution in [0.3, 0.4) is 0 Å². The number of amides is 1. The van der Waals surface area contributed by atoms with Crippen molar-refractivity contribution < 1.29 is 4.79 Å². The van der Waals surface area contributed by atoms with Crippen molar-refractivity contribution >= 4 is 5.91 Å². The molecule has 4 nitrogen and oxygen atoms in total. The van der Waals surface area contributed by atoms with Gasteiger partial charge in [-0.2, -0.15) is 0 Å². The molecular formula is C17H33N3O. The van der Waals surface area contributed by atoms with E-state index < -0.39 is 0 Å². The van der Waals surface area contributed by atoms with Crippen LogP contribution in [0.4, 0.5) is 0 Å². The van der Waals surface area contributed by atoms with E-state index in [0.29, 0.717) is 11.8 Å². The molecule has 2 atom stereocenters. The Hall–Kier alpha value is -0.610. The van der Waals surface area contributed by atoms with Crippen LogP contribution in [0.2, 0.25) is 0 Å². The molecule has 2 saturated heterocycles. The minimum atomic E-state index is 0.0106. The zero-order chi connectivity index (χ0) is 15.6. The molecular weight excluding hydrogens is 262 g/mol. The van der Waals surface area contributed by atoms with E-state index in [1.165, 1.54) is 12.8 Å². The number of hydrogen-bond acceptors (Lipinski definition) is 3. The number of likely N-dealkylation sites (tertiary alicyclic amines) is 1. The lowest BCUT2D eigenvalue weighted by Gasteiger charge is -2.41. The zero-order valence-corrected chi connectivity index (χ0v) is 14.5. The highest BCUT2D eigenvalue weighted by Crippen LogP contribution is 2.34. The van der Waals surface area contributed by atoms with Gasteiger partial charge in [0.1, 0.15) is 0 Å². The van der Waals surface area contributed by atoms with Gasteiger partial charge in [-0.15, -0.1) is 0 Å². The first-order chi connectivity index (χ1) is 9.86. The van der Waals surface area contributed by atoms with E-state index in [2.05, 4.69) is 49.9 Å². The minimum Gasteiger partial charge on any atom is -0.325 e. The first-order valence-electron chi connectivity index (χ1n) is 8.61. The van der Waals surface area contributed by atoms with Crippen molar-refractivity contribution in [2.45, 2.75) is 65.6 Å². The Bertz CT molecular complexity index is 361. The van der Waals surface area contributed by atoms with Gasteiger partial charge in [-0.1, -0.05) is 34.1 Å². The fourth-order valence-corrected chi connectivity index (χ4v) is 3.61. The lowest BCUT2D eigenvalue weighted by molar-refractivity contribution is -0.132. The summed E-state index contributed by atoms with van der Waals surface area (Å²) in [5.74, 6) is 0.691. The Morgan fingerprint density at radius 2 is 1.95 bits per heavy atom. The summed E-state index contributed by atoms with van der Waals surface area (Å²) < 4.78 is 0. The second-order valence-electron chi connectivity index (χ2n) is 7.77. The predicted molar refractivity (Wildman–Crippen MR) is 87.0 cm³/mol. The van der Waals surface area contributed by atoms with Gasteiger partial charge in [-0.3, -0.25) is 10.1 Å². The summed E-state index contributed by atoms with van der Waals surface area (Å²) in [6, 6.07) is 0.0106. The summed E-state index contributed by atoms with van der Waals surface area (Å²) in [5, 5.41) is 3.57. The van der Waals surface area contributed by atoms with Crippen LogP contribution in [0, 0.1) is 11.3 Å². The highest BCUT2D eigenvalue weighted by molar-refractivity contribution is 5.84. The van der Waals surface area contributed by atoms with Crippen molar-refractivity contribution in [3.05, 3.63) is 0 Å². The molecule has 4 heteroatoms. The van der Waals surface area contributed by atoms with E-state index >= 15 is 0 Å². The lowest BCUT2D eigenvalue weighted by atomic mass is 9.80. The van der Waals surface area contributed by atoms with Crippen LogP contribution in [-0.2, 0) is 4.79 Å². The number of carbonyl (C=O) groups is 1. The van der Waals surface area contributed by atoms with Crippen molar-refractivity contribution in [2.75, 3.05) is 26.7 Å². The maximum absolute atomic E-state index is 12.8. The van der Waals surface area contributed by atoms with Gasteiger partial charge in [-0.05, 0) is 50.7 Å². The standard InChI is InChI=1S/C17H33N3O/c1-6-7-14-18-15(13(2)3)16(21)20(14)12-17(4)8-10-19(5)11-9-17/h13-15,18H,6-12H2,1-5H3. The molecule has 0 saturated carbocycles. The Morgan fingerprint density at radius 3 is 2.48 bits per heavy atom. The molecule has 1 N–H and O–H groups in total. The van der Waals surface area contributed by atoms with Gasteiger partial charge in [0.2, 0.25) is 5.91 Å². The first kappa shape index (κ1) is 16.8. The van der Waals surface area contributed by atoms with E-state index in [-0.39, 0.29) is 17.6 Å². The average Bonchev–Trinajstić information content (AvgIpc) is 2.72. The van der Waals surface area contributed by atoms with Crippen molar-refractivity contribution in [3.63, 3.8) is 0 Å². The molecule has 0 radical (unpaired) electrons. The summed E-state index contributed by atoms with van der Waals surface area (Å²) >= 11 is 0. The largest absolute Gasteiger partial charge is 0.325 e. The fourth-order valence-electron chi connectivity index (χ4n) is 3.61. The number of rotatable bonds is 5. The molecule has 0 aromatic carbocycles. The molecule has 0 aromatic rings. The molecule has 2 fully saturated rings. The summed E-state index contributed by atoms with van der Waals surface area (Å²) in [6.45, 7) is 12.1. The second-order valence-corrected chi connectivity index (χ2v) is 7.77. The third-order valence-electron chi connectivity index (χ3n) is 5.27. The highest BCUT2D eigenvalue weighted by atomic mass is 16.2. The number of carbonyl (C=O) groups excluding carboxylic acids is 1. The lowest BCUT2D eigenvalue weighted by Crippen LogP contribution is -2.47. The molecule has 122 valence electrons. The van der Waals surface area contributed by atoms with Crippen LogP contribution in [-0.4, -0.2) is 54.6 Å². The molecule has 2 rings (SSSR count). The second kappa shape index (κ2) is 6.66. The van der Waals surface area contributed by atoms with Crippen LogP contribution < -0.4 is 5.32 Å². The first-order valence-corrected chi connectivity index (χ1v) is 8.61. The van der Waals surface area contributed by atoms with Gasteiger partial charge in [-0.25, -0.2) is 0 Å². The summed E-state index contributed by atoms with van der Waals surface area (Å²) in [7, 11) is 2.19. The van der Waals surface area contributed by atoms with Crippen LogP contribution in [0.5, 0.6) is 0 Å². The quantitative estimate of drug-likeness (QED) is 0.845. The van der Waals surface area contributed by atoms with Crippen LogP contribution >= 0.6 is 0 Å². The van der Waals surface area contributed by atoms with Crippen LogP contribution in [0.15, 0.2) is 0 Å². The van der Waals surface area contributed by atoms with Gasteiger partial charge < -0.3 is 9.80 Å². The predicted octanol–water partition coefficient (Wildman–Crippen LogP) is 2.30. The maximum atomic E-state index is 12.8.